The monoisotopic (exact) mass is 215 g/mol. The van der Waals surface area contributed by atoms with Crippen LogP contribution in [0.25, 0.3) is 0 Å². The van der Waals surface area contributed by atoms with Crippen molar-refractivity contribution in [2.75, 3.05) is 0 Å². The molecule has 0 radical (unpaired) electrons. The van der Waals surface area contributed by atoms with E-state index in [2.05, 4.69) is 23.9 Å². The maximum Gasteiger partial charge on any atom is 0.138 e. The highest BCUT2D eigenvalue weighted by molar-refractivity contribution is 6.20. The fourth-order valence-electron chi connectivity index (χ4n) is 1.43. The summed E-state index contributed by atoms with van der Waals surface area (Å²) in [6, 6.07) is 0. The van der Waals surface area contributed by atoms with Crippen molar-refractivity contribution in [1.29, 1.82) is 0 Å². The molecule has 1 aromatic heterocycles. The van der Waals surface area contributed by atoms with Gasteiger partial charge in [-0.25, -0.2) is 4.98 Å². The van der Waals surface area contributed by atoms with Crippen LogP contribution in [0.5, 0.6) is 0 Å². The molecule has 0 bridgehead atoms. The quantitative estimate of drug-likeness (QED) is 0.684. The molecular weight excluding hydrogens is 198 g/mol. The zero-order chi connectivity index (χ0) is 10.4. The van der Waals surface area contributed by atoms with Crippen LogP contribution in [-0.2, 0) is 13.0 Å². The third-order valence-electron chi connectivity index (χ3n) is 2.36. The van der Waals surface area contributed by atoms with Crippen molar-refractivity contribution in [3.05, 3.63) is 12.2 Å². The molecule has 0 amide bonds. The maximum absolute atomic E-state index is 6.04. The Morgan fingerprint density at radius 2 is 2.29 bits per heavy atom. The Labute approximate surface area is 90.5 Å². The molecule has 0 saturated heterocycles. The molecule has 0 fully saturated rings. The van der Waals surface area contributed by atoms with Crippen molar-refractivity contribution in [3.63, 3.8) is 0 Å². The lowest BCUT2D eigenvalue weighted by Gasteiger charge is -2.05. The number of aromatic nitrogens is 3. The van der Waals surface area contributed by atoms with Crippen molar-refractivity contribution in [1.82, 2.24) is 14.8 Å². The van der Waals surface area contributed by atoms with E-state index in [9.17, 15) is 0 Å². The summed E-state index contributed by atoms with van der Waals surface area (Å²) in [6.45, 7) is 5.09. The molecule has 0 aliphatic heterocycles. The molecular formula is C10H18ClN3. The number of aryl methyl sites for hydroxylation is 2. The molecule has 1 rings (SSSR count). The molecule has 0 spiro atoms. The summed E-state index contributed by atoms with van der Waals surface area (Å²) in [5, 5.41) is 4.44. The number of hydrogen-bond acceptors (Lipinski definition) is 2. The van der Waals surface area contributed by atoms with E-state index in [1.54, 1.807) is 6.33 Å². The molecule has 0 N–H and O–H groups in total. The van der Waals surface area contributed by atoms with Crippen LogP contribution in [0.15, 0.2) is 6.33 Å². The summed E-state index contributed by atoms with van der Waals surface area (Å²) < 4.78 is 1.94. The summed E-state index contributed by atoms with van der Waals surface area (Å²) >= 11 is 6.04. The molecule has 1 heterocycles. The van der Waals surface area contributed by atoms with Crippen LogP contribution in [0, 0.1) is 0 Å². The Balaban J connectivity index is 2.31. The highest BCUT2D eigenvalue weighted by Crippen LogP contribution is 2.11. The van der Waals surface area contributed by atoms with Gasteiger partial charge in [0.05, 0.1) is 0 Å². The maximum atomic E-state index is 6.04. The minimum absolute atomic E-state index is 0.313. The summed E-state index contributed by atoms with van der Waals surface area (Å²) in [5.74, 6) is 1.08. The van der Waals surface area contributed by atoms with Gasteiger partial charge >= 0.3 is 0 Å². The average Bonchev–Trinajstić information content (AvgIpc) is 2.65. The van der Waals surface area contributed by atoms with Crippen molar-refractivity contribution < 1.29 is 0 Å². The number of hydrogen-bond donors (Lipinski definition) is 0. The summed E-state index contributed by atoms with van der Waals surface area (Å²) in [7, 11) is 0. The zero-order valence-electron chi connectivity index (χ0n) is 8.91. The second kappa shape index (κ2) is 6.02. The standard InChI is InChI=1S/C10H18ClN3/c1-3-9(11)6-5-7-10-12-8-13-14(10)4-2/h8-9H,3-7H2,1-2H3. The van der Waals surface area contributed by atoms with Crippen LogP contribution in [0.2, 0.25) is 0 Å². The Hall–Kier alpha value is -0.570. The largest absolute Gasteiger partial charge is 0.250 e. The van der Waals surface area contributed by atoms with Crippen LogP contribution in [0.4, 0.5) is 0 Å². The lowest BCUT2D eigenvalue weighted by Crippen LogP contribution is -2.05. The van der Waals surface area contributed by atoms with Crippen molar-refractivity contribution in [3.8, 4) is 0 Å². The number of rotatable bonds is 6. The average molecular weight is 216 g/mol. The predicted octanol–water partition coefficient (Wildman–Crippen LogP) is 2.64. The normalized spacial score (nSPS) is 13.1. The summed E-state index contributed by atoms with van der Waals surface area (Å²) in [5.41, 5.74) is 0. The van der Waals surface area contributed by atoms with Crippen LogP contribution in [0.3, 0.4) is 0 Å². The fraction of sp³-hybridized carbons (Fsp3) is 0.800. The highest BCUT2D eigenvalue weighted by Gasteiger charge is 2.05. The molecule has 1 atom stereocenters. The SMILES string of the molecule is CCC(Cl)CCCc1ncnn1CC. The van der Waals surface area contributed by atoms with E-state index >= 15 is 0 Å². The fourth-order valence-corrected chi connectivity index (χ4v) is 1.59. The van der Waals surface area contributed by atoms with Crippen LogP contribution in [0.1, 0.15) is 38.9 Å². The smallest absolute Gasteiger partial charge is 0.138 e. The Kier molecular flexibility index (Phi) is 4.94. The Morgan fingerprint density at radius 3 is 2.93 bits per heavy atom. The van der Waals surface area contributed by atoms with Gasteiger partial charge in [-0.3, -0.25) is 4.68 Å². The first kappa shape index (κ1) is 11.5. The highest BCUT2D eigenvalue weighted by atomic mass is 35.5. The first-order chi connectivity index (χ1) is 6.77. The molecule has 0 saturated carbocycles. The van der Waals surface area contributed by atoms with Crippen molar-refractivity contribution >= 4 is 11.6 Å². The molecule has 1 aromatic rings. The molecule has 0 aliphatic carbocycles. The minimum Gasteiger partial charge on any atom is -0.250 e. The zero-order valence-corrected chi connectivity index (χ0v) is 9.67. The van der Waals surface area contributed by atoms with Crippen molar-refractivity contribution in [2.24, 2.45) is 0 Å². The van der Waals surface area contributed by atoms with E-state index < -0.39 is 0 Å². The molecule has 14 heavy (non-hydrogen) atoms. The summed E-state index contributed by atoms with van der Waals surface area (Å²) in [6.07, 6.45) is 5.81. The van der Waals surface area contributed by atoms with E-state index in [1.807, 2.05) is 4.68 Å². The van der Waals surface area contributed by atoms with Gasteiger partial charge in [0.15, 0.2) is 0 Å². The summed E-state index contributed by atoms with van der Waals surface area (Å²) in [4.78, 5) is 4.22. The van der Waals surface area contributed by atoms with E-state index in [1.165, 1.54) is 0 Å². The number of alkyl halides is 1. The lowest BCUT2D eigenvalue weighted by atomic mass is 10.1. The topological polar surface area (TPSA) is 30.7 Å². The van der Waals surface area contributed by atoms with Gasteiger partial charge in [-0.2, -0.15) is 5.10 Å². The molecule has 80 valence electrons. The van der Waals surface area contributed by atoms with E-state index in [4.69, 9.17) is 11.6 Å². The van der Waals surface area contributed by atoms with Crippen molar-refractivity contribution in [2.45, 2.75) is 51.5 Å². The second-order valence-corrected chi connectivity index (χ2v) is 4.01. The Morgan fingerprint density at radius 1 is 1.50 bits per heavy atom. The van der Waals surface area contributed by atoms with Gasteiger partial charge in [-0.1, -0.05) is 6.92 Å². The van der Waals surface area contributed by atoms with Gasteiger partial charge < -0.3 is 0 Å². The van der Waals surface area contributed by atoms with E-state index in [-0.39, 0.29) is 0 Å². The van der Waals surface area contributed by atoms with E-state index in [0.717, 1.165) is 38.1 Å². The van der Waals surface area contributed by atoms with Crippen LogP contribution in [-0.4, -0.2) is 20.1 Å². The predicted molar refractivity (Wildman–Crippen MR) is 58.6 cm³/mol. The molecule has 0 aromatic carbocycles. The third-order valence-corrected chi connectivity index (χ3v) is 2.88. The molecule has 4 heteroatoms. The molecule has 0 aliphatic rings. The van der Waals surface area contributed by atoms with Gasteiger partial charge in [0.1, 0.15) is 12.2 Å². The van der Waals surface area contributed by atoms with E-state index in [0.29, 0.717) is 5.38 Å². The first-order valence-corrected chi connectivity index (χ1v) is 5.72. The van der Waals surface area contributed by atoms with Crippen LogP contribution >= 0.6 is 11.6 Å². The van der Waals surface area contributed by atoms with Gasteiger partial charge in [-0.05, 0) is 26.2 Å². The molecule has 1 unspecified atom stereocenters. The first-order valence-electron chi connectivity index (χ1n) is 5.28. The second-order valence-electron chi connectivity index (χ2n) is 3.39. The lowest BCUT2D eigenvalue weighted by molar-refractivity contribution is 0.585. The number of halogens is 1. The van der Waals surface area contributed by atoms with Gasteiger partial charge in [-0.15, -0.1) is 11.6 Å². The third kappa shape index (κ3) is 3.29. The minimum atomic E-state index is 0.313. The number of nitrogens with zero attached hydrogens (tertiary/aromatic N) is 3. The Bertz CT molecular complexity index is 260. The molecule has 3 nitrogen and oxygen atoms in total. The van der Waals surface area contributed by atoms with Gasteiger partial charge in [0.2, 0.25) is 0 Å². The van der Waals surface area contributed by atoms with Gasteiger partial charge in [0.25, 0.3) is 0 Å². The van der Waals surface area contributed by atoms with Crippen LogP contribution < -0.4 is 0 Å². The van der Waals surface area contributed by atoms with Gasteiger partial charge in [0, 0.05) is 18.3 Å².